The number of sulfonamides is 1. The smallest absolute Gasteiger partial charge is 0.363 e. The van der Waals surface area contributed by atoms with E-state index in [9.17, 15) is 18.0 Å². The quantitative estimate of drug-likeness (QED) is 0.565. The molecule has 0 aromatic heterocycles. The highest BCUT2D eigenvalue weighted by atomic mass is 32.2. The SMILES string of the molecule is COC(=O)C1(OC)C(=O)c2ccccc2S(=O)(=O)N1C. The maximum atomic E-state index is 12.5. The highest BCUT2D eigenvalue weighted by Crippen LogP contribution is 2.36. The number of nitrogens with zero attached hydrogens (tertiary/aromatic N) is 1. The number of likely N-dealkylation sites (N-methyl/N-ethyl adjacent to an activating group) is 1. The fourth-order valence-corrected chi connectivity index (χ4v) is 3.74. The first kappa shape index (κ1) is 14.6. The fraction of sp³-hybridized carbons (Fsp3) is 0.333. The number of rotatable bonds is 2. The van der Waals surface area contributed by atoms with Gasteiger partial charge in [-0.3, -0.25) is 4.79 Å². The second-order valence-electron chi connectivity index (χ2n) is 4.14. The molecule has 1 heterocycles. The van der Waals surface area contributed by atoms with Crippen LogP contribution in [0.1, 0.15) is 10.4 Å². The molecule has 1 aromatic carbocycles. The average molecular weight is 299 g/mol. The van der Waals surface area contributed by atoms with Crippen molar-refractivity contribution >= 4 is 21.8 Å². The van der Waals surface area contributed by atoms with Crippen molar-refractivity contribution in [3.8, 4) is 0 Å². The number of esters is 1. The van der Waals surface area contributed by atoms with Gasteiger partial charge in [0.05, 0.1) is 12.0 Å². The summed E-state index contributed by atoms with van der Waals surface area (Å²) in [5.41, 5.74) is -2.43. The van der Waals surface area contributed by atoms with E-state index in [0.29, 0.717) is 4.31 Å². The number of hydrogen-bond acceptors (Lipinski definition) is 6. The molecule has 0 amide bonds. The Kier molecular flexibility index (Phi) is 3.41. The molecule has 0 bridgehead atoms. The third kappa shape index (κ3) is 1.62. The van der Waals surface area contributed by atoms with Gasteiger partial charge < -0.3 is 9.47 Å². The Hall–Kier alpha value is -1.77. The lowest BCUT2D eigenvalue weighted by atomic mass is 10.00. The molecule has 0 N–H and O–H groups in total. The molecule has 1 unspecified atom stereocenters. The van der Waals surface area contributed by atoms with E-state index in [1.165, 1.54) is 24.3 Å². The number of Topliss-reactive ketones (excluding diaryl/α,β-unsaturated/α-hetero) is 1. The summed E-state index contributed by atoms with van der Waals surface area (Å²) in [5.74, 6) is -1.87. The predicted octanol–water partition coefficient (Wildman–Crippen LogP) is 0.0191. The van der Waals surface area contributed by atoms with Crippen molar-refractivity contribution in [1.82, 2.24) is 4.31 Å². The lowest BCUT2D eigenvalue weighted by Gasteiger charge is -2.39. The number of carbonyl (C=O) groups excluding carboxylic acids is 2. The summed E-state index contributed by atoms with van der Waals surface area (Å²) >= 11 is 0. The Balaban J connectivity index is 2.83. The zero-order valence-electron chi connectivity index (χ0n) is 11.1. The lowest BCUT2D eigenvalue weighted by Crippen LogP contribution is -2.64. The minimum Gasteiger partial charge on any atom is -0.465 e. The number of benzene rings is 1. The summed E-state index contributed by atoms with van der Waals surface area (Å²) in [5, 5.41) is 0. The van der Waals surface area contributed by atoms with E-state index in [1.54, 1.807) is 0 Å². The highest BCUT2D eigenvalue weighted by molar-refractivity contribution is 7.89. The molecular weight excluding hydrogens is 286 g/mol. The van der Waals surface area contributed by atoms with E-state index < -0.39 is 27.5 Å². The second-order valence-corrected chi connectivity index (χ2v) is 6.08. The van der Waals surface area contributed by atoms with Crippen molar-refractivity contribution in [2.24, 2.45) is 0 Å². The maximum Gasteiger partial charge on any atom is 0.363 e. The molecule has 1 aromatic rings. The van der Waals surface area contributed by atoms with Gasteiger partial charge in [0.25, 0.3) is 5.72 Å². The van der Waals surface area contributed by atoms with Gasteiger partial charge in [0, 0.05) is 19.7 Å². The van der Waals surface area contributed by atoms with Crippen LogP contribution in [-0.2, 0) is 24.3 Å². The number of ketones is 1. The average Bonchev–Trinajstić information content (AvgIpc) is 2.46. The zero-order valence-corrected chi connectivity index (χ0v) is 11.9. The van der Waals surface area contributed by atoms with Gasteiger partial charge in [0.15, 0.2) is 0 Å². The molecule has 1 aliphatic heterocycles. The number of fused-ring (bicyclic) bond motifs is 1. The Bertz CT molecular complexity index is 683. The topological polar surface area (TPSA) is 90.0 Å². The Labute approximate surface area is 116 Å². The van der Waals surface area contributed by atoms with Crippen molar-refractivity contribution in [1.29, 1.82) is 0 Å². The largest absolute Gasteiger partial charge is 0.465 e. The van der Waals surface area contributed by atoms with Gasteiger partial charge in [-0.2, -0.15) is 4.31 Å². The molecule has 8 heteroatoms. The van der Waals surface area contributed by atoms with Gasteiger partial charge in [0.1, 0.15) is 0 Å². The minimum atomic E-state index is -4.04. The molecule has 20 heavy (non-hydrogen) atoms. The van der Waals surface area contributed by atoms with Gasteiger partial charge >= 0.3 is 5.97 Å². The van der Waals surface area contributed by atoms with Gasteiger partial charge in [-0.1, -0.05) is 12.1 Å². The molecule has 1 atom stereocenters. The minimum absolute atomic E-state index is 0.0992. The normalized spacial score (nSPS) is 25.1. The lowest BCUT2D eigenvalue weighted by molar-refractivity contribution is -0.171. The van der Waals surface area contributed by atoms with Crippen molar-refractivity contribution in [3.05, 3.63) is 29.8 Å². The molecule has 2 rings (SSSR count). The molecule has 0 aliphatic carbocycles. The van der Waals surface area contributed by atoms with Crippen molar-refractivity contribution in [3.63, 3.8) is 0 Å². The zero-order chi connectivity index (χ0) is 15.1. The van der Waals surface area contributed by atoms with Crippen molar-refractivity contribution in [2.75, 3.05) is 21.3 Å². The molecular formula is C12H13NO6S. The monoisotopic (exact) mass is 299 g/mol. The Morgan fingerprint density at radius 3 is 2.40 bits per heavy atom. The van der Waals surface area contributed by atoms with Crippen LogP contribution in [0.5, 0.6) is 0 Å². The summed E-state index contributed by atoms with van der Waals surface area (Å²) in [6.07, 6.45) is 0. The summed E-state index contributed by atoms with van der Waals surface area (Å²) < 4.78 is 35.0. The van der Waals surface area contributed by atoms with Crippen molar-refractivity contribution < 1.29 is 27.5 Å². The number of carbonyl (C=O) groups is 2. The van der Waals surface area contributed by atoms with Gasteiger partial charge in [-0.25, -0.2) is 13.2 Å². The third-order valence-electron chi connectivity index (χ3n) is 3.28. The molecule has 0 spiro atoms. The number of ether oxygens (including phenoxy) is 2. The van der Waals surface area contributed by atoms with Crippen LogP contribution in [0.2, 0.25) is 0 Å². The first-order valence-corrected chi connectivity index (χ1v) is 7.04. The molecule has 0 saturated carbocycles. The maximum absolute atomic E-state index is 12.5. The Morgan fingerprint density at radius 1 is 1.25 bits per heavy atom. The van der Waals surface area contributed by atoms with E-state index >= 15 is 0 Å². The highest BCUT2D eigenvalue weighted by Gasteiger charge is 2.60. The Morgan fingerprint density at radius 2 is 1.85 bits per heavy atom. The van der Waals surface area contributed by atoms with E-state index in [4.69, 9.17) is 4.74 Å². The standard InChI is InChI=1S/C12H13NO6S/c1-13-12(19-3,11(15)18-2)10(14)8-6-4-5-7-9(8)20(13,16)17/h4-7H,1-3H3. The third-order valence-corrected chi connectivity index (χ3v) is 5.17. The molecule has 1 aliphatic rings. The molecule has 0 radical (unpaired) electrons. The van der Waals surface area contributed by atoms with Crippen LogP contribution in [-0.4, -0.2) is 51.5 Å². The molecule has 7 nitrogen and oxygen atoms in total. The number of methoxy groups -OCH3 is 2. The molecule has 0 saturated heterocycles. The summed E-state index contributed by atoms with van der Waals surface area (Å²) in [6.45, 7) is 0. The summed E-state index contributed by atoms with van der Waals surface area (Å²) in [7, 11) is -0.810. The van der Waals surface area contributed by atoms with Crippen LogP contribution in [0.25, 0.3) is 0 Å². The fourth-order valence-electron chi connectivity index (χ4n) is 2.19. The molecule has 108 valence electrons. The summed E-state index contributed by atoms with van der Waals surface area (Å²) in [6, 6.07) is 5.64. The first-order valence-electron chi connectivity index (χ1n) is 5.60. The van der Waals surface area contributed by atoms with Crippen LogP contribution in [0.4, 0.5) is 0 Å². The van der Waals surface area contributed by atoms with Crippen LogP contribution >= 0.6 is 0 Å². The molecule has 0 fully saturated rings. The van der Waals surface area contributed by atoms with Crippen molar-refractivity contribution in [2.45, 2.75) is 10.6 Å². The first-order chi connectivity index (χ1) is 9.33. The summed E-state index contributed by atoms with van der Waals surface area (Å²) in [4.78, 5) is 24.3. The van der Waals surface area contributed by atoms with E-state index in [0.717, 1.165) is 21.3 Å². The van der Waals surface area contributed by atoms with Gasteiger partial charge in [-0.05, 0) is 12.1 Å². The van der Waals surface area contributed by atoms with E-state index in [-0.39, 0.29) is 10.5 Å². The predicted molar refractivity (Wildman–Crippen MR) is 67.5 cm³/mol. The van der Waals surface area contributed by atoms with Crippen LogP contribution in [0.15, 0.2) is 29.2 Å². The van der Waals surface area contributed by atoms with E-state index in [2.05, 4.69) is 4.74 Å². The van der Waals surface area contributed by atoms with Crippen LogP contribution < -0.4 is 0 Å². The second kappa shape index (κ2) is 4.65. The van der Waals surface area contributed by atoms with Gasteiger partial charge in [-0.15, -0.1) is 0 Å². The van der Waals surface area contributed by atoms with E-state index in [1.807, 2.05) is 0 Å². The van der Waals surface area contributed by atoms with Crippen LogP contribution in [0, 0.1) is 0 Å². The number of hydrogen-bond donors (Lipinski definition) is 0. The van der Waals surface area contributed by atoms with Gasteiger partial charge in [0.2, 0.25) is 15.8 Å². The van der Waals surface area contributed by atoms with Crippen LogP contribution in [0.3, 0.4) is 0 Å².